The first kappa shape index (κ1) is 25.7. The van der Waals surface area contributed by atoms with Crippen LogP contribution in [0.3, 0.4) is 0 Å². The Morgan fingerprint density at radius 1 is 1.44 bits per heavy atom. The number of hydrogen-bond acceptors (Lipinski definition) is 5. The quantitative estimate of drug-likeness (QED) is 0.356. The van der Waals surface area contributed by atoms with E-state index in [9.17, 15) is 9.00 Å². The second-order valence-electron chi connectivity index (χ2n) is 7.79. The Balaban J connectivity index is 2.21. The van der Waals surface area contributed by atoms with Crippen LogP contribution in [0.5, 0.6) is 0 Å². The molecular weight excluding hydrogens is 424 g/mol. The molecule has 2 rings (SSSR count). The molecule has 7 nitrogen and oxygen atoms in total. The zero-order valence-corrected chi connectivity index (χ0v) is 20.3. The molecule has 1 aromatic rings. The lowest BCUT2D eigenvalue weighted by atomic mass is 10.1. The van der Waals surface area contributed by atoms with E-state index in [1.165, 1.54) is 0 Å². The van der Waals surface area contributed by atoms with E-state index in [2.05, 4.69) is 23.0 Å². The van der Waals surface area contributed by atoms with E-state index >= 15 is 0 Å². The first-order valence-electron chi connectivity index (χ1n) is 10.5. The number of hydrogen-bond donors (Lipinski definition) is 0. The molecule has 3 atom stereocenters. The fourth-order valence-electron chi connectivity index (χ4n) is 3.67. The second kappa shape index (κ2) is 12.5. The number of aryl methyl sites for hydroxylation is 2. The van der Waals surface area contributed by atoms with Crippen molar-refractivity contribution in [1.29, 1.82) is 0 Å². The van der Waals surface area contributed by atoms with Crippen LogP contribution in [-0.2, 0) is 26.9 Å². The smallest absolute Gasteiger partial charge is 0.215 e. The number of carbonyl (C=O) groups is 1. The number of methoxy groups -OCH3 is 1. The molecule has 1 amide bonds. The van der Waals surface area contributed by atoms with E-state index in [1.54, 1.807) is 54.2 Å². The predicted molar refractivity (Wildman–Crippen MR) is 129 cm³/mol. The molecule has 8 heteroatoms. The molecule has 2 heterocycles. The third-order valence-electron chi connectivity index (χ3n) is 5.38. The van der Waals surface area contributed by atoms with Gasteiger partial charge in [0.15, 0.2) is 0 Å². The van der Waals surface area contributed by atoms with Crippen molar-refractivity contribution in [3.8, 4) is 0 Å². The molecule has 0 radical (unpaired) electrons. The molecule has 0 saturated carbocycles. The summed E-state index contributed by atoms with van der Waals surface area (Å²) < 4.78 is 19.3. The van der Waals surface area contributed by atoms with Crippen LogP contribution in [-0.4, -0.2) is 69.7 Å². The average Bonchev–Trinajstić information content (AvgIpc) is 3.19. The van der Waals surface area contributed by atoms with Gasteiger partial charge in [-0.15, -0.1) is 0 Å². The van der Waals surface area contributed by atoms with E-state index < -0.39 is 11.0 Å². The molecule has 174 valence electrons. The minimum absolute atomic E-state index is 0.169. The number of pyridine rings is 1. The van der Waals surface area contributed by atoms with Crippen LogP contribution in [0.2, 0.25) is 0 Å². The summed E-state index contributed by atoms with van der Waals surface area (Å²) in [5, 5.41) is 1.60. The molecule has 0 aromatic carbocycles. The van der Waals surface area contributed by atoms with Gasteiger partial charge >= 0.3 is 0 Å². The van der Waals surface area contributed by atoms with Gasteiger partial charge in [0.1, 0.15) is 17.2 Å². The first-order valence-corrected chi connectivity index (χ1v) is 11.7. The fourth-order valence-corrected chi connectivity index (χ4v) is 4.12. The predicted octanol–water partition coefficient (Wildman–Crippen LogP) is 3.15. The monoisotopic (exact) mass is 458 g/mol. The van der Waals surface area contributed by atoms with Gasteiger partial charge in [0.25, 0.3) is 0 Å². The number of amides is 1. The highest BCUT2D eigenvalue weighted by molar-refractivity contribution is 7.85. The van der Waals surface area contributed by atoms with Gasteiger partial charge in [-0.25, -0.2) is 8.51 Å². The lowest BCUT2D eigenvalue weighted by Gasteiger charge is -2.37. The summed E-state index contributed by atoms with van der Waals surface area (Å²) in [4.78, 5) is 20.3. The Morgan fingerprint density at radius 2 is 2.19 bits per heavy atom. The molecule has 32 heavy (non-hydrogen) atoms. The highest BCUT2D eigenvalue weighted by Crippen LogP contribution is 2.30. The van der Waals surface area contributed by atoms with Gasteiger partial charge in [0.05, 0.1) is 6.10 Å². The van der Waals surface area contributed by atoms with Crippen LogP contribution >= 0.6 is 0 Å². The van der Waals surface area contributed by atoms with Crippen LogP contribution in [0.25, 0.3) is 0 Å². The number of aromatic nitrogens is 1. The summed E-state index contributed by atoms with van der Waals surface area (Å²) >= 11 is 0. The molecule has 0 aliphatic carbocycles. The molecule has 3 unspecified atom stereocenters. The van der Waals surface area contributed by atoms with Crippen molar-refractivity contribution < 1.29 is 13.7 Å². The van der Waals surface area contributed by atoms with Crippen molar-refractivity contribution in [2.24, 2.45) is 0 Å². The number of ether oxygens (including phenoxy) is 1. The lowest BCUT2D eigenvalue weighted by Crippen LogP contribution is -2.48. The van der Waals surface area contributed by atoms with Crippen molar-refractivity contribution in [2.75, 3.05) is 27.7 Å². The maximum absolute atomic E-state index is 12.2. The lowest BCUT2D eigenvalue weighted by molar-refractivity contribution is -0.123. The van der Waals surface area contributed by atoms with Crippen LogP contribution in [0.1, 0.15) is 24.1 Å². The van der Waals surface area contributed by atoms with E-state index in [0.717, 1.165) is 29.8 Å². The molecule has 0 N–H and O–H groups in total. The van der Waals surface area contributed by atoms with E-state index in [0.29, 0.717) is 25.1 Å². The average molecular weight is 459 g/mol. The van der Waals surface area contributed by atoms with Crippen LogP contribution in [0, 0.1) is 6.92 Å². The zero-order chi connectivity index (χ0) is 23.7. The van der Waals surface area contributed by atoms with Gasteiger partial charge in [-0.05, 0) is 76.2 Å². The van der Waals surface area contributed by atoms with E-state index in [-0.39, 0.29) is 12.3 Å². The topological polar surface area (TPSA) is 66.0 Å². The SMILES string of the molecule is C=C/C(=C\C=C\S(=O)N(C)C)N1CCC(OC)C1N(C=O)C(=C)CCc1cc(C)ccn1. The maximum atomic E-state index is 12.2. The van der Waals surface area contributed by atoms with Crippen molar-refractivity contribution in [2.45, 2.75) is 38.5 Å². The number of carbonyl (C=O) groups excluding carboxylic acids is 1. The van der Waals surface area contributed by atoms with Crippen molar-refractivity contribution in [3.05, 3.63) is 77.8 Å². The summed E-state index contributed by atoms with van der Waals surface area (Å²) in [6.07, 6.45) is 9.48. The summed E-state index contributed by atoms with van der Waals surface area (Å²) in [6.45, 7) is 10.8. The summed E-state index contributed by atoms with van der Waals surface area (Å²) in [5.74, 6) is 0. The normalized spacial score (nSPS) is 20.0. The number of rotatable bonds is 12. The van der Waals surface area contributed by atoms with E-state index in [4.69, 9.17) is 4.74 Å². The summed E-state index contributed by atoms with van der Waals surface area (Å²) in [5.41, 5.74) is 3.64. The minimum atomic E-state index is -1.21. The molecule has 1 aromatic heterocycles. The van der Waals surface area contributed by atoms with Crippen molar-refractivity contribution >= 4 is 17.4 Å². The van der Waals surface area contributed by atoms with Gasteiger partial charge in [-0.2, -0.15) is 0 Å². The van der Waals surface area contributed by atoms with Crippen LogP contribution in [0.4, 0.5) is 0 Å². The van der Waals surface area contributed by atoms with Crippen LogP contribution in [0.15, 0.2) is 66.5 Å². The van der Waals surface area contributed by atoms with Gasteiger partial charge < -0.3 is 9.64 Å². The molecular formula is C24H34N4O3S. The molecule has 1 aliphatic heterocycles. The Bertz CT molecular complexity index is 897. The molecule has 1 fully saturated rings. The first-order chi connectivity index (χ1) is 15.3. The third kappa shape index (κ3) is 6.72. The largest absolute Gasteiger partial charge is 0.377 e. The fraction of sp³-hybridized carbons (Fsp3) is 0.417. The Kier molecular flexibility index (Phi) is 10.0. The Morgan fingerprint density at radius 3 is 2.78 bits per heavy atom. The summed E-state index contributed by atoms with van der Waals surface area (Å²) in [6, 6.07) is 4.00. The Hall–Kier alpha value is -2.55. The standard InChI is InChI=1S/C24H34N4O3S/c1-7-22(9-8-16-32(30)26(4)5)27-15-13-23(31-6)24(27)28(18-29)20(3)10-11-21-17-19(2)12-14-25-21/h7-9,12,14,16-18,23-24H,1,3,10-11,13,15H2,2,4-6H3/b16-8+,22-9+. The van der Waals surface area contributed by atoms with Gasteiger partial charge in [-0.3, -0.25) is 14.7 Å². The number of likely N-dealkylation sites (tertiary alicyclic amines) is 1. The minimum Gasteiger partial charge on any atom is -0.377 e. The van der Waals surface area contributed by atoms with Crippen molar-refractivity contribution in [3.63, 3.8) is 0 Å². The molecule has 1 saturated heterocycles. The second-order valence-corrected chi connectivity index (χ2v) is 9.34. The van der Waals surface area contributed by atoms with Crippen molar-refractivity contribution in [1.82, 2.24) is 19.1 Å². The van der Waals surface area contributed by atoms with Crippen LogP contribution < -0.4 is 0 Å². The van der Waals surface area contributed by atoms with Gasteiger partial charge in [-0.1, -0.05) is 13.2 Å². The number of allylic oxidation sites excluding steroid dienone is 4. The molecule has 0 bridgehead atoms. The molecule has 0 spiro atoms. The highest BCUT2D eigenvalue weighted by atomic mass is 32.2. The number of nitrogens with zero attached hydrogens (tertiary/aromatic N) is 4. The summed E-state index contributed by atoms with van der Waals surface area (Å²) in [7, 11) is 3.94. The van der Waals surface area contributed by atoms with Gasteiger partial charge in [0, 0.05) is 42.3 Å². The van der Waals surface area contributed by atoms with E-state index in [1.807, 2.05) is 25.1 Å². The molecule has 1 aliphatic rings. The Labute approximate surface area is 194 Å². The third-order valence-corrected chi connectivity index (χ3v) is 6.49. The highest BCUT2D eigenvalue weighted by Gasteiger charge is 2.39. The maximum Gasteiger partial charge on any atom is 0.215 e. The zero-order valence-electron chi connectivity index (χ0n) is 19.4. The van der Waals surface area contributed by atoms with Gasteiger partial charge in [0.2, 0.25) is 6.41 Å².